The lowest BCUT2D eigenvalue weighted by atomic mass is 10.0. The lowest BCUT2D eigenvalue weighted by Crippen LogP contribution is -2.53. The number of thiazole rings is 1. The van der Waals surface area contributed by atoms with Gasteiger partial charge in [0.25, 0.3) is 5.91 Å². The van der Waals surface area contributed by atoms with Crippen molar-refractivity contribution in [2.24, 2.45) is 5.92 Å². The first kappa shape index (κ1) is 26.1. The normalized spacial score (nSPS) is 17.3. The van der Waals surface area contributed by atoms with Crippen LogP contribution >= 0.6 is 11.3 Å². The van der Waals surface area contributed by atoms with Gasteiger partial charge in [-0.05, 0) is 24.1 Å². The number of hydrogen-bond acceptors (Lipinski definition) is 8. The summed E-state index contributed by atoms with van der Waals surface area (Å²) in [5.41, 5.74) is 2.61. The van der Waals surface area contributed by atoms with E-state index in [1.807, 2.05) is 36.7 Å². The fourth-order valence-corrected chi connectivity index (χ4v) is 4.54. The molecule has 0 radical (unpaired) electrons. The molecule has 196 valence electrons. The number of nitrogens with zero attached hydrogens (tertiary/aromatic N) is 4. The molecule has 3 heterocycles. The first-order valence-corrected chi connectivity index (χ1v) is 12.9. The van der Waals surface area contributed by atoms with E-state index in [0.717, 1.165) is 5.56 Å². The Bertz CT molecular complexity index is 1240. The molecule has 3 aromatic rings. The molecule has 3 amide bonds. The highest BCUT2D eigenvalue weighted by Gasteiger charge is 2.27. The van der Waals surface area contributed by atoms with E-state index in [0.29, 0.717) is 30.4 Å². The zero-order valence-corrected chi connectivity index (χ0v) is 21.8. The van der Waals surface area contributed by atoms with E-state index in [4.69, 9.17) is 9.47 Å². The zero-order valence-electron chi connectivity index (χ0n) is 21.0. The molecule has 0 unspecified atom stereocenters. The van der Waals surface area contributed by atoms with Crippen molar-refractivity contribution in [2.45, 2.75) is 26.4 Å². The molecule has 1 aromatic carbocycles. The Labute approximate surface area is 218 Å². The van der Waals surface area contributed by atoms with Crippen molar-refractivity contribution in [3.05, 3.63) is 47.2 Å². The third kappa shape index (κ3) is 6.26. The molecule has 1 aliphatic heterocycles. The molecule has 4 rings (SSSR count). The summed E-state index contributed by atoms with van der Waals surface area (Å²) in [6, 6.07) is 4.74. The second-order valence-corrected chi connectivity index (χ2v) is 9.56. The van der Waals surface area contributed by atoms with Crippen molar-refractivity contribution in [2.75, 3.05) is 33.4 Å². The summed E-state index contributed by atoms with van der Waals surface area (Å²) in [6.45, 7) is 4.51. The first-order chi connectivity index (χ1) is 17.9. The van der Waals surface area contributed by atoms with Crippen molar-refractivity contribution in [1.29, 1.82) is 0 Å². The number of benzene rings is 1. The third-order valence-electron chi connectivity index (χ3n) is 5.95. The standard InChI is InChI=1S/C25H30N6O5S/c1-16(2)22-24(33)27-7-9-30-8-6-26-23(30)17-4-5-19(35-3)20(12-17)36-11-10-31(13-21(32)29-22)25(34)18-14-37-15-28-18/h4-6,8,12,14-16,22H,7,9-11,13H2,1-3H3,(H,27,33)(H,29,32)/t22-/m1/s1. The number of fused-ring (bicyclic) bond motifs is 4. The fraction of sp³-hybridized carbons (Fsp3) is 0.400. The summed E-state index contributed by atoms with van der Waals surface area (Å²) in [4.78, 5) is 48.9. The van der Waals surface area contributed by atoms with Crippen LogP contribution in [0.25, 0.3) is 11.4 Å². The van der Waals surface area contributed by atoms with Crippen molar-refractivity contribution in [3.63, 3.8) is 0 Å². The van der Waals surface area contributed by atoms with E-state index < -0.39 is 17.9 Å². The molecule has 0 fully saturated rings. The van der Waals surface area contributed by atoms with Crippen LogP contribution in [0, 0.1) is 5.92 Å². The monoisotopic (exact) mass is 526 g/mol. The van der Waals surface area contributed by atoms with Crippen LogP contribution in [0.3, 0.4) is 0 Å². The molecule has 0 saturated heterocycles. The number of methoxy groups -OCH3 is 1. The zero-order chi connectivity index (χ0) is 26.4. The van der Waals surface area contributed by atoms with Crippen molar-refractivity contribution < 1.29 is 23.9 Å². The van der Waals surface area contributed by atoms with Crippen molar-refractivity contribution in [3.8, 4) is 22.9 Å². The fourth-order valence-electron chi connectivity index (χ4n) is 4.01. The second-order valence-electron chi connectivity index (χ2n) is 8.84. The minimum absolute atomic E-state index is 0.103. The van der Waals surface area contributed by atoms with Crippen LogP contribution in [-0.4, -0.2) is 76.5 Å². The molecular weight excluding hydrogens is 496 g/mol. The number of carbonyl (C=O) groups is 3. The molecule has 12 heteroatoms. The smallest absolute Gasteiger partial charge is 0.273 e. The Morgan fingerprint density at radius 2 is 2.08 bits per heavy atom. The summed E-state index contributed by atoms with van der Waals surface area (Å²) >= 11 is 1.29. The maximum atomic E-state index is 13.1. The van der Waals surface area contributed by atoms with Crippen LogP contribution in [-0.2, 0) is 16.1 Å². The number of aromatic nitrogens is 3. The van der Waals surface area contributed by atoms with Gasteiger partial charge in [0.05, 0.1) is 19.2 Å². The van der Waals surface area contributed by atoms with Gasteiger partial charge in [-0.3, -0.25) is 14.4 Å². The minimum Gasteiger partial charge on any atom is -0.493 e. The van der Waals surface area contributed by atoms with E-state index in [2.05, 4.69) is 20.6 Å². The third-order valence-corrected chi connectivity index (χ3v) is 6.53. The lowest BCUT2D eigenvalue weighted by molar-refractivity contribution is -0.130. The average molecular weight is 527 g/mol. The number of ether oxygens (including phenoxy) is 2. The van der Waals surface area contributed by atoms with Crippen molar-refractivity contribution >= 4 is 29.1 Å². The van der Waals surface area contributed by atoms with Crippen molar-refractivity contribution in [1.82, 2.24) is 30.1 Å². The molecule has 1 aliphatic rings. The molecule has 2 bridgehead atoms. The van der Waals surface area contributed by atoms with E-state index in [1.165, 1.54) is 16.2 Å². The maximum absolute atomic E-state index is 13.1. The van der Waals surface area contributed by atoms with E-state index >= 15 is 0 Å². The first-order valence-electron chi connectivity index (χ1n) is 11.9. The van der Waals surface area contributed by atoms with E-state index in [-0.39, 0.29) is 37.2 Å². The molecule has 2 N–H and O–H groups in total. The summed E-state index contributed by atoms with van der Waals surface area (Å²) in [7, 11) is 1.55. The highest BCUT2D eigenvalue weighted by atomic mass is 32.1. The minimum atomic E-state index is -0.753. The topological polar surface area (TPSA) is 128 Å². The second kappa shape index (κ2) is 11.9. The molecular formula is C25H30N6O5S. The molecule has 11 nitrogen and oxygen atoms in total. The van der Waals surface area contributed by atoms with Crippen LogP contribution < -0.4 is 20.1 Å². The molecule has 0 saturated carbocycles. The summed E-state index contributed by atoms with van der Waals surface area (Å²) in [5.74, 6) is 0.431. The molecule has 0 aliphatic carbocycles. The Morgan fingerprint density at radius 3 is 2.81 bits per heavy atom. The Balaban J connectivity index is 1.65. The highest BCUT2D eigenvalue weighted by molar-refractivity contribution is 7.07. The van der Waals surface area contributed by atoms with Crippen LogP contribution in [0.15, 0.2) is 41.5 Å². The van der Waals surface area contributed by atoms with Gasteiger partial charge in [0.1, 0.15) is 30.7 Å². The Hall–Kier alpha value is -3.93. The number of nitrogens with one attached hydrogen (secondary N) is 2. The number of amides is 3. The van der Waals surface area contributed by atoms with Gasteiger partial charge in [0.15, 0.2) is 11.5 Å². The van der Waals surface area contributed by atoms with Gasteiger partial charge in [0.2, 0.25) is 11.8 Å². The van der Waals surface area contributed by atoms with Gasteiger partial charge in [-0.2, -0.15) is 0 Å². The van der Waals surface area contributed by atoms with Gasteiger partial charge in [-0.15, -0.1) is 11.3 Å². The van der Waals surface area contributed by atoms with Gasteiger partial charge in [-0.1, -0.05) is 13.8 Å². The van der Waals surface area contributed by atoms with Gasteiger partial charge >= 0.3 is 0 Å². The molecule has 2 aromatic heterocycles. The SMILES string of the molecule is COc1ccc2cc1OCCN(C(=O)c1cscn1)CC(=O)N[C@H](C(C)C)C(=O)NCCn1ccnc1-2. The summed E-state index contributed by atoms with van der Waals surface area (Å²) in [6.07, 6.45) is 3.53. The van der Waals surface area contributed by atoms with Crippen LogP contribution in [0.4, 0.5) is 0 Å². The lowest BCUT2D eigenvalue weighted by Gasteiger charge is -2.25. The van der Waals surface area contributed by atoms with Gasteiger partial charge in [0, 0.05) is 36.4 Å². The maximum Gasteiger partial charge on any atom is 0.273 e. The highest BCUT2D eigenvalue weighted by Crippen LogP contribution is 2.32. The van der Waals surface area contributed by atoms with Gasteiger partial charge in [-0.25, -0.2) is 9.97 Å². The van der Waals surface area contributed by atoms with Crippen LogP contribution in [0.2, 0.25) is 0 Å². The molecule has 37 heavy (non-hydrogen) atoms. The average Bonchev–Trinajstić information content (AvgIpc) is 3.58. The molecule has 1 atom stereocenters. The van der Waals surface area contributed by atoms with E-state index in [1.54, 1.807) is 30.3 Å². The Kier molecular flexibility index (Phi) is 8.39. The quantitative estimate of drug-likeness (QED) is 0.533. The predicted octanol–water partition coefficient (Wildman–Crippen LogP) is 1.81. The number of carbonyl (C=O) groups excluding carboxylic acids is 3. The molecule has 0 spiro atoms. The Morgan fingerprint density at radius 1 is 1.24 bits per heavy atom. The summed E-state index contributed by atoms with van der Waals surface area (Å²) in [5, 5.41) is 7.32. The van der Waals surface area contributed by atoms with Crippen LogP contribution in [0.5, 0.6) is 11.5 Å². The number of hydrogen-bond donors (Lipinski definition) is 2. The van der Waals surface area contributed by atoms with Gasteiger partial charge < -0.3 is 29.6 Å². The van der Waals surface area contributed by atoms with Crippen LogP contribution in [0.1, 0.15) is 24.3 Å². The largest absolute Gasteiger partial charge is 0.493 e. The predicted molar refractivity (Wildman–Crippen MR) is 138 cm³/mol. The summed E-state index contributed by atoms with van der Waals surface area (Å²) < 4.78 is 13.4. The number of rotatable bonds is 3. The number of imidazole rings is 1. The van der Waals surface area contributed by atoms with E-state index in [9.17, 15) is 14.4 Å².